The van der Waals surface area contributed by atoms with E-state index < -0.39 is 11.9 Å². The molecule has 0 saturated carbocycles. The van der Waals surface area contributed by atoms with Crippen molar-refractivity contribution in [3.8, 4) is 0 Å². The number of hydrogen-bond acceptors (Lipinski definition) is 5. The summed E-state index contributed by atoms with van der Waals surface area (Å²) in [6, 6.07) is 4.92. The molecule has 92 valence electrons. The minimum absolute atomic E-state index is 0.00428. The fourth-order valence-electron chi connectivity index (χ4n) is 1.45. The van der Waals surface area contributed by atoms with Crippen LogP contribution in [0.2, 0.25) is 0 Å². The van der Waals surface area contributed by atoms with Crippen molar-refractivity contribution in [2.45, 2.75) is 13.3 Å². The summed E-state index contributed by atoms with van der Waals surface area (Å²) in [5.41, 5.74) is 6.76. The molecule has 0 aliphatic rings. The topological polar surface area (TPSA) is 78.6 Å². The van der Waals surface area contributed by atoms with E-state index in [1.54, 1.807) is 25.1 Å². The normalized spacial score (nSPS) is 9.76. The number of carbonyl (C=O) groups is 2. The Morgan fingerprint density at radius 3 is 2.65 bits per heavy atom. The summed E-state index contributed by atoms with van der Waals surface area (Å²) in [6.07, 6.45) is -0.00428. The Labute approximate surface area is 99.5 Å². The fraction of sp³-hybridized carbons (Fsp3) is 0.333. The second-order valence-corrected chi connectivity index (χ2v) is 3.35. The minimum Gasteiger partial charge on any atom is -0.469 e. The molecule has 5 nitrogen and oxygen atoms in total. The van der Waals surface area contributed by atoms with Crippen LogP contribution in [0.3, 0.4) is 0 Å². The molecule has 17 heavy (non-hydrogen) atoms. The molecule has 0 unspecified atom stereocenters. The lowest BCUT2D eigenvalue weighted by Gasteiger charge is -2.10. The lowest BCUT2D eigenvalue weighted by Crippen LogP contribution is -2.14. The molecule has 0 aromatic heterocycles. The highest BCUT2D eigenvalue weighted by atomic mass is 16.5. The Kier molecular flexibility index (Phi) is 4.51. The van der Waals surface area contributed by atoms with Gasteiger partial charge in [-0.15, -0.1) is 0 Å². The van der Waals surface area contributed by atoms with Gasteiger partial charge >= 0.3 is 11.9 Å². The van der Waals surface area contributed by atoms with E-state index in [0.717, 1.165) is 0 Å². The van der Waals surface area contributed by atoms with E-state index in [9.17, 15) is 9.59 Å². The zero-order valence-corrected chi connectivity index (χ0v) is 9.86. The van der Waals surface area contributed by atoms with Crippen LogP contribution in [0.15, 0.2) is 18.2 Å². The predicted octanol–water partition coefficient (Wildman–Crippen LogP) is 1.16. The summed E-state index contributed by atoms with van der Waals surface area (Å²) in [7, 11) is 1.29. The Balaban J connectivity index is 3.08. The molecule has 0 radical (unpaired) electrons. The van der Waals surface area contributed by atoms with Crippen LogP contribution >= 0.6 is 0 Å². The van der Waals surface area contributed by atoms with E-state index in [0.29, 0.717) is 11.3 Å². The summed E-state index contributed by atoms with van der Waals surface area (Å²) < 4.78 is 9.45. The number of nitrogens with two attached hydrogens (primary N) is 1. The first-order chi connectivity index (χ1) is 8.10. The monoisotopic (exact) mass is 237 g/mol. The van der Waals surface area contributed by atoms with Gasteiger partial charge in [-0.25, -0.2) is 4.79 Å². The molecule has 1 aromatic carbocycles. The van der Waals surface area contributed by atoms with Gasteiger partial charge < -0.3 is 15.2 Å². The van der Waals surface area contributed by atoms with Crippen molar-refractivity contribution in [1.29, 1.82) is 0 Å². The second kappa shape index (κ2) is 5.89. The fourth-order valence-corrected chi connectivity index (χ4v) is 1.45. The van der Waals surface area contributed by atoms with Crippen LogP contribution in [0.25, 0.3) is 0 Å². The largest absolute Gasteiger partial charge is 0.469 e. The van der Waals surface area contributed by atoms with E-state index in [1.807, 2.05) is 0 Å². The highest BCUT2D eigenvalue weighted by Crippen LogP contribution is 2.19. The van der Waals surface area contributed by atoms with E-state index in [-0.39, 0.29) is 18.6 Å². The third-order valence-corrected chi connectivity index (χ3v) is 2.22. The molecule has 1 aromatic rings. The number of nitrogen functional groups attached to an aromatic ring is 1. The number of esters is 2. The predicted molar refractivity (Wildman–Crippen MR) is 62.5 cm³/mol. The van der Waals surface area contributed by atoms with Crippen molar-refractivity contribution in [3.63, 3.8) is 0 Å². The highest BCUT2D eigenvalue weighted by molar-refractivity contribution is 5.97. The van der Waals surface area contributed by atoms with E-state index in [1.165, 1.54) is 7.11 Å². The smallest absolute Gasteiger partial charge is 0.340 e. The molecule has 2 N–H and O–H groups in total. The van der Waals surface area contributed by atoms with Crippen molar-refractivity contribution in [1.82, 2.24) is 0 Å². The number of benzene rings is 1. The summed E-state index contributed by atoms with van der Waals surface area (Å²) in [6.45, 7) is 1.96. The van der Waals surface area contributed by atoms with Crippen LogP contribution in [-0.2, 0) is 20.7 Å². The molecule has 0 atom stereocenters. The standard InChI is InChI=1S/C12H15NO4/c1-3-17-12(15)11-8(7-10(14)16-2)5-4-6-9(11)13/h4-6H,3,7,13H2,1-2H3. The Morgan fingerprint density at radius 1 is 1.35 bits per heavy atom. The first kappa shape index (κ1) is 13.0. The highest BCUT2D eigenvalue weighted by Gasteiger charge is 2.18. The van der Waals surface area contributed by atoms with Gasteiger partial charge in [-0.3, -0.25) is 4.79 Å². The van der Waals surface area contributed by atoms with Crippen LogP contribution in [0.1, 0.15) is 22.8 Å². The van der Waals surface area contributed by atoms with Crippen LogP contribution in [0.5, 0.6) is 0 Å². The maximum atomic E-state index is 11.7. The molecule has 0 fully saturated rings. The van der Waals surface area contributed by atoms with Crippen molar-refractivity contribution >= 4 is 17.6 Å². The molecule has 5 heteroatoms. The molecule has 0 aliphatic heterocycles. The number of ether oxygens (including phenoxy) is 2. The van der Waals surface area contributed by atoms with Crippen molar-refractivity contribution in [2.24, 2.45) is 0 Å². The molecule has 0 amide bonds. The summed E-state index contributed by atoms with van der Waals surface area (Å²) in [5, 5.41) is 0. The van der Waals surface area contributed by atoms with Gasteiger partial charge in [0.25, 0.3) is 0 Å². The minimum atomic E-state index is -0.524. The number of carbonyl (C=O) groups excluding carboxylic acids is 2. The van der Waals surface area contributed by atoms with Gasteiger partial charge in [0.15, 0.2) is 0 Å². The molecule has 0 heterocycles. The van der Waals surface area contributed by atoms with Crippen molar-refractivity contribution in [2.75, 3.05) is 19.5 Å². The number of anilines is 1. The van der Waals surface area contributed by atoms with Crippen molar-refractivity contribution in [3.05, 3.63) is 29.3 Å². The maximum Gasteiger partial charge on any atom is 0.340 e. The average Bonchev–Trinajstić information content (AvgIpc) is 2.29. The SMILES string of the molecule is CCOC(=O)c1c(N)cccc1CC(=O)OC. The molecule has 0 aliphatic carbocycles. The Morgan fingerprint density at radius 2 is 2.06 bits per heavy atom. The number of hydrogen-bond donors (Lipinski definition) is 1. The van der Waals surface area contributed by atoms with Crippen LogP contribution < -0.4 is 5.73 Å². The van der Waals surface area contributed by atoms with E-state index in [2.05, 4.69) is 4.74 Å². The van der Waals surface area contributed by atoms with E-state index in [4.69, 9.17) is 10.5 Å². The van der Waals surface area contributed by atoms with Gasteiger partial charge in [0, 0.05) is 5.69 Å². The number of methoxy groups -OCH3 is 1. The van der Waals surface area contributed by atoms with Gasteiger partial charge in [0.1, 0.15) is 0 Å². The Hall–Kier alpha value is -2.04. The summed E-state index contributed by atoms with van der Waals surface area (Å²) in [5.74, 6) is -0.953. The van der Waals surface area contributed by atoms with Gasteiger partial charge in [0.2, 0.25) is 0 Å². The van der Waals surface area contributed by atoms with Crippen LogP contribution in [0, 0.1) is 0 Å². The quantitative estimate of drug-likeness (QED) is 0.628. The zero-order valence-electron chi connectivity index (χ0n) is 9.86. The lowest BCUT2D eigenvalue weighted by atomic mass is 10.0. The Bertz CT molecular complexity index is 429. The van der Waals surface area contributed by atoms with Crippen LogP contribution in [0.4, 0.5) is 5.69 Å². The summed E-state index contributed by atoms with van der Waals surface area (Å²) in [4.78, 5) is 22.9. The van der Waals surface area contributed by atoms with Gasteiger partial charge in [-0.2, -0.15) is 0 Å². The van der Waals surface area contributed by atoms with Crippen molar-refractivity contribution < 1.29 is 19.1 Å². The molecule has 0 saturated heterocycles. The van der Waals surface area contributed by atoms with Gasteiger partial charge in [0.05, 0.1) is 25.7 Å². The lowest BCUT2D eigenvalue weighted by molar-refractivity contribution is -0.139. The average molecular weight is 237 g/mol. The van der Waals surface area contributed by atoms with Crippen LogP contribution in [-0.4, -0.2) is 25.7 Å². The third-order valence-electron chi connectivity index (χ3n) is 2.22. The molecule has 0 bridgehead atoms. The van der Waals surface area contributed by atoms with E-state index >= 15 is 0 Å². The zero-order chi connectivity index (χ0) is 12.8. The molecule has 1 rings (SSSR count). The summed E-state index contributed by atoms with van der Waals surface area (Å²) >= 11 is 0. The first-order valence-corrected chi connectivity index (χ1v) is 5.21. The second-order valence-electron chi connectivity index (χ2n) is 3.35. The number of rotatable bonds is 4. The molecular formula is C12H15NO4. The maximum absolute atomic E-state index is 11.7. The molecule has 0 spiro atoms. The first-order valence-electron chi connectivity index (χ1n) is 5.21. The third kappa shape index (κ3) is 3.21. The van der Waals surface area contributed by atoms with Gasteiger partial charge in [-0.1, -0.05) is 12.1 Å². The van der Waals surface area contributed by atoms with Gasteiger partial charge in [-0.05, 0) is 18.6 Å². The molecular weight excluding hydrogens is 222 g/mol.